The Kier molecular flexibility index (Phi) is 3.89. The van der Waals surface area contributed by atoms with Crippen LogP contribution < -0.4 is 10.6 Å². The van der Waals surface area contributed by atoms with Crippen LogP contribution in [0.3, 0.4) is 0 Å². The summed E-state index contributed by atoms with van der Waals surface area (Å²) in [6, 6.07) is 6.47. The standard InChI is InChI=1S/C11H19N3/c1-4-14(9(2)3)11-7-5-6-10(8-12)13-11/h5-7,9H,4,8,12H2,1-3H3. The monoisotopic (exact) mass is 193 g/mol. The fourth-order valence-electron chi connectivity index (χ4n) is 1.53. The van der Waals surface area contributed by atoms with Gasteiger partial charge in [0.15, 0.2) is 0 Å². The van der Waals surface area contributed by atoms with E-state index in [0.717, 1.165) is 18.1 Å². The van der Waals surface area contributed by atoms with Crippen molar-refractivity contribution in [3.63, 3.8) is 0 Å². The molecule has 1 aromatic heterocycles. The highest BCUT2D eigenvalue weighted by molar-refractivity contribution is 5.39. The molecule has 0 saturated carbocycles. The predicted octanol–water partition coefficient (Wildman–Crippen LogP) is 1.77. The molecular weight excluding hydrogens is 174 g/mol. The van der Waals surface area contributed by atoms with Crippen molar-refractivity contribution in [2.45, 2.75) is 33.4 Å². The van der Waals surface area contributed by atoms with Crippen LogP contribution in [0, 0.1) is 0 Å². The number of nitrogens with zero attached hydrogens (tertiary/aromatic N) is 2. The van der Waals surface area contributed by atoms with Crippen molar-refractivity contribution in [3.8, 4) is 0 Å². The highest BCUT2D eigenvalue weighted by atomic mass is 15.2. The molecule has 0 bridgehead atoms. The smallest absolute Gasteiger partial charge is 0.129 e. The Morgan fingerprint density at radius 3 is 2.64 bits per heavy atom. The summed E-state index contributed by atoms with van der Waals surface area (Å²) in [6.45, 7) is 7.94. The molecule has 1 heterocycles. The second kappa shape index (κ2) is 4.96. The van der Waals surface area contributed by atoms with Gasteiger partial charge in [0.05, 0.1) is 5.69 Å². The molecule has 0 aromatic carbocycles. The van der Waals surface area contributed by atoms with Crippen LogP contribution in [-0.4, -0.2) is 17.6 Å². The van der Waals surface area contributed by atoms with Crippen molar-refractivity contribution in [1.29, 1.82) is 0 Å². The molecule has 0 aliphatic rings. The number of anilines is 1. The molecular formula is C11H19N3. The molecule has 0 amide bonds. The summed E-state index contributed by atoms with van der Waals surface area (Å²) in [5.74, 6) is 1.02. The van der Waals surface area contributed by atoms with Crippen molar-refractivity contribution in [1.82, 2.24) is 4.98 Å². The molecule has 0 spiro atoms. The fourth-order valence-corrected chi connectivity index (χ4v) is 1.53. The Balaban J connectivity index is 2.92. The Hall–Kier alpha value is -1.09. The van der Waals surface area contributed by atoms with Crippen LogP contribution in [-0.2, 0) is 6.54 Å². The number of pyridine rings is 1. The van der Waals surface area contributed by atoms with Gasteiger partial charge in [-0.15, -0.1) is 0 Å². The highest BCUT2D eigenvalue weighted by Crippen LogP contribution is 2.13. The van der Waals surface area contributed by atoms with Crippen molar-refractivity contribution >= 4 is 5.82 Å². The Bertz CT molecular complexity index is 284. The van der Waals surface area contributed by atoms with E-state index in [1.807, 2.05) is 18.2 Å². The van der Waals surface area contributed by atoms with E-state index < -0.39 is 0 Å². The summed E-state index contributed by atoms with van der Waals surface area (Å²) in [5, 5.41) is 0. The number of hydrogen-bond donors (Lipinski definition) is 1. The average Bonchev–Trinajstić information content (AvgIpc) is 2.19. The minimum atomic E-state index is 0.473. The topological polar surface area (TPSA) is 42.1 Å². The minimum Gasteiger partial charge on any atom is -0.354 e. The summed E-state index contributed by atoms with van der Waals surface area (Å²) in [5.41, 5.74) is 6.50. The third-order valence-corrected chi connectivity index (χ3v) is 2.26. The van der Waals surface area contributed by atoms with Gasteiger partial charge in [-0.1, -0.05) is 6.07 Å². The molecule has 0 atom stereocenters. The third-order valence-electron chi connectivity index (χ3n) is 2.26. The predicted molar refractivity (Wildman–Crippen MR) is 60.3 cm³/mol. The van der Waals surface area contributed by atoms with E-state index in [1.165, 1.54) is 0 Å². The van der Waals surface area contributed by atoms with Gasteiger partial charge in [-0.25, -0.2) is 4.98 Å². The van der Waals surface area contributed by atoms with Crippen molar-refractivity contribution < 1.29 is 0 Å². The molecule has 14 heavy (non-hydrogen) atoms. The third kappa shape index (κ3) is 2.45. The normalized spacial score (nSPS) is 10.6. The van der Waals surface area contributed by atoms with Crippen LogP contribution >= 0.6 is 0 Å². The fraction of sp³-hybridized carbons (Fsp3) is 0.545. The highest BCUT2D eigenvalue weighted by Gasteiger charge is 2.09. The number of nitrogens with two attached hydrogens (primary N) is 1. The molecule has 0 radical (unpaired) electrons. The van der Waals surface area contributed by atoms with Crippen LogP contribution in [0.15, 0.2) is 18.2 Å². The van der Waals surface area contributed by atoms with Crippen molar-refractivity contribution in [3.05, 3.63) is 23.9 Å². The van der Waals surface area contributed by atoms with Crippen LogP contribution in [0.4, 0.5) is 5.82 Å². The van der Waals surface area contributed by atoms with E-state index in [2.05, 4.69) is 30.7 Å². The van der Waals surface area contributed by atoms with Crippen LogP contribution in [0.5, 0.6) is 0 Å². The number of hydrogen-bond acceptors (Lipinski definition) is 3. The lowest BCUT2D eigenvalue weighted by molar-refractivity contribution is 0.691. The first kappa shape index (κ1) is 11.0. The van der Waals surface area contributed by atoms with E-state index in [9.17, 15) is 0 Å². The van der Waals surface area contributed by atoms with Gasteiger partial charge in [-0.3, -0.25) is 0 Å². The van der Waals surface area contributed by atoms with Crippen molar-refractivity contribution in [2.24, 2.45) is 5.73 Å². The van der Waals surface area contributed by atoms with Crippen LogP contribution in [0.2, 0.25) is 0 Å². The number of aromatic nitrogens is 1. The zero-order valence-electron chi connectivity index (χ0n) is 9.20. The molecule has 2 N–H and O–H groups in total. The van der Waals surface area contributed by atoms with Gasteiger partial charge in [0.2, 0.25) is 0 Å². The molecule has 1 aromatic rings. The largest absolute Gasteiger partial charge is 0.354 e. The van der Waals surface area contributed by atoms with Crippen LogP contribution in [0.25, 0.3) is 0 Å². The van der Waals surface area contributed by atoms with E-state index in [1.54, 1.807) is 0 Å². The Morgan fingerprint density at radius 1 is 1.43 bits per heavy atom. The minimum absolute atomic E-state index is 0.473. The van der Waals surface area contributed by atoms with Gasteiger partial charge >= 0.3 is 0 Å². The van der Waals surface area contributed by atoms with Gasteiger partial charge < -0.3 is 10.6 Å². The lowest BCUT2D eigenvalue weighted by atomic mass is 10.3. The van der Waals surface area contributed by atoms with Gasteiger partial charge in [0, 0.05) is 19.1 Å². The van der Waals surface area contributed by atoms with E-state index in [-0.39, 0.29) is 0 Å². The Morgan fingerprint density at radius 2 is 2.14 bits per heavy atom. The molecule has 0 unspecified atom stereocenters. The zero-order valence-corrected chi connectivity index (χ0v) is 9.20. The first-order chi connectivity index (χ1) is 6.69. The molecule has 3 nitrogen and oxygen atoms in total. The van der Waals surface area contributed by atoms with Gasteiger partial charge in [-0.05, 0) is 32.9 Å². The quantitative estimate of drug-likeness (QED) is 0.792. The maximum absolute atomic E-state index is 5.56. The van der Waals surface area contributed by atoms with E-state index in [0.29, 0.717) is 12.6 Å². The summed E-state index contributed by atoms with van der Waals surface area (Å²) >= 11 is 0. The second-order valence-electron chi connectivity index (χ2n) is 3.57. The molecule has 1 rings (SSSR count). The van der Waals surface area contributed by atoms with Gasteiger partial charge in [0.1, 0.15) is 5.82 Å². The average molecular weight is 193 g/mol. The molecule has 0 saturated heterocycles. The zero-order chi connectivity index (χ0) is 10.6. The SMILES string of the molecule is CCN(c1cccc(CN)n1)C(C)C. The molecule has 0 aliphatic carbocycles. The van der Waals surface area contributed by atoms with Crippen molar-refractivity contribution in [2.75, 3.05) is 11.4 Å². The first-order valence-corrected chi connectivity index (χ1v) is 5.11. The van der Waals surface area contributed by atoms with Crippen LogP contribution in [0.1, 0.15) is 26.5 Å². The second-order valence-corrected chi connectivity index (χ2v) is 3.57. The summed E-state index contributed by atoms with van der Waals surface area (Å²) < 4.78 is 0. The summed E-state index contributed by atoms with van der Waals surface area (Å²) in [7, 11) is 0. The van der Waals surface area contributed by atoms with E-state index in [4.69, 9.17) is 5.73 Å². The van der Waals surface area contributed by atoms with Gasteiger partial charge in [-0.2, -0.15) is 0 Å². The maximum Gasteiger partial charge on any atom is 0.129 e. The maximum atomic E-state index is 5.56. The first-order valence-electron chi connectivity index (χ1n) is 5.11. The lowest BCUT2D eigenvalue weighted by Gasteiger charge is -2.26. The number of rotatable bonds is 4. The summed E-state index contributed by atoms with van der Waals surface area (Å²) in [6.07, 6.45) is 0. The summed E-state index contributed by atoms with van der Waals surface area (Å²) in [4.78, 5) is 6.73. The molecule has 78 valence electrons. The molecule has 0 aliphatic heterocycles. The van der Waals surface area contributed by atoms with Gasteiger partial charge in [0.25, 0.3) is 0 Å². The molecule has 0 fully saturated rings. The Labute approximate surface area is 85.9 Å². The van der Waals surface area contributed by atoms with E-state index >= 15 is 0 Å². The lowest BCUT2D eigenvalue weighted by Crippen LogP contribution is -2.31. The molecule has 3 heteroatoms.